The van der Waals surface area contributed by atoms with Crippen molar-refractivity contribution in [3.8, 4) is 5.75 Å². The van der Waals surface area contributed by atoms with Crippen molar-refractivity contribution in [2.75, 3.05) is 6.79 Å². The Bertz CT molecular complexity index is 1100. The molecule has 0 unspecified atom stereocenters. The van der Waals surface area contributed by atoms with E-state index in [-0.39, 0.29) is 25.7 Å². The van der Waals surface area contributed by atoms with E-state index in [1.165, 1.54) is 12.1 Å². The van der Waals surface area contributed by atoms with Gasteiger partial charge in [-0.1, -0.05) is 11.6 Å². The lowest BCUT2D eigenvalue weighted by Crippen LogP contribution is -2.15. The van der Waals surface area contributed by atoms with Crippen molar-refractivity contribution in [1.82, 2.24) is 4.98 Å². The van der Waals surface area contributed by atoms with Crippen LogP contribution in [0.4, 0.5) is 5.69 Å². The van der Waals surface area contributed by atoms with Crippen LogP contribution in [0.2, 0.25) is 5.15 Å². The first-order chi connectivity index (χ1) is 13.5. The van der Waals surface area contributed by atoms with Crippen molar-refractivity contribution in [3.63, 3.8) is 0 Å². The number of benzene rings is 2. The van der Waals surface area contributed by atoms with Crippen molar-refractivity contribution in [2.24, 2.45) is 0 Å². The van der Waals surface area contributed by atoms with Gasteiger partial charge in [-0.15, -0.1) is 0 Å². The van der Waals surface area contributed by atoms with Crippen LogP contribution >= 0.6 is 11.6 Å². The van der Waals surface area contributed by atoms with Crippen LogP contribution in [0.1, 0.15) is 21.5 Å². The molecular weight excluding hydrogens is 388 g/mol. The van der Waals surface area contributed by atoms with Gasteiger partial charge in [-0.3, -0.25) is 10.1 Å². The van der Waals surface area contributed by atoms with Crippen molar-refractivity contribution < 1.29 is 23.9 Å². The minimum Gasteiger partial charge on any atom is -0.467 e. The molecule has 2 aromatic carbocycles. The Morgan fingerprint density at radius 3 is 2.93 bits per heavy atom. The number of fused-ring (bicyclic) bond motifs is 2. The van der Waals surface area contributed by atoms with Crippen molar-refractivity contribution in [2.45, 2.75) is 13.2 Å². The summed E-state index contributed by atoms with van der Waals surface area (Å²) in [5, 5.41) is 12.3. The van der Waals surface area contributed by atoms with Gasteiger partial charge in [-0.05, 0) is 30.3 Å². The second-order valence-electron chi connectivity index (χ2n) is 6.08. The number of non-ortho nitro benzene ring substituents is 1. The summed E-state index contributed by atoms with van der Waals surface area (Å²) in [6, 6.07) is 11.0. The highest BCUT2D eigenvalue weighted by molar-refractivity contribution is 6.29. The normalized spacial score (nSPS) is 12.9. The second-order valence-corrected chi connectivity index (χ2v) is 6.47. The van der Waals surface area contributed by atoms with Gasteiger partial charge < -0.3 is 14.2 Å². The van der Waals surface area contributed by atoms with Gasteiger partial charge in [0, 0.05) is 28.6 Å². The maximum absolute atomic E-state index is 12.4. The van der Waals surface area contributed by atoms with E-state index in [1.807, 2.05) is 0 Å². The second kappa shape index (κ2) is 7.41. The van der Waals surface area contributed by atoms with Crippen LogP contribution in [0.3, 0.4) is 0 Å². The van der Waals surface area contributed by atoms with Crippen LogP contribution in [-0.4, -0.2) is 22.7 Å². The molecule has 0 saturated carbocycles. The number of nitrogens with zero attached hydrogens (tertiary/aromatic N) is 2. The van der Waals surface area contributed by atoms with E-state index in [0.29, 0.717) is 33.1 Å². The Balaban J connectivity index is 1.57. The molecule has 0 aliphatic carbocycles. The number of hydrogen-bond acceptors (Lipinski definition) is 7. The quantitative estimate of drug-likeness (QED) is 0.282. The smallest absolute Gasteiger partial charge is 0.338 e. The molecule has 0 N–H and O–H groups in total. The predicted molar refractivity (Wildman–Crippen MR) is 99.3 cm³/mol. The predicted octanol–water partition coefficient (Wildman–Crippen LogP) is 4.02. The summed E-state index contributed by atoms with van der Waals surface area (Å²) in [6.07, 6.45) is 0. The Hall–Kier alpha value is -3.23. The van der Waals surface area contributed by atoms with E-state index in [1.54, 1.807) is 30.3 Å². The highest BCUT2D eigenvalue weighted by atomic mass is 35.5. The molecule has 8 nitrogen and oxygen atoms in total. The van der Waals surface area contributed by atoms with Gasteiger partial charge in [0.1, 0.15) is 17.5 Å². The molecule has 3 aromatic rings. The molecule has 142 valence electrons. The maximum atomic E-state index is 12.4. The third-order valence-electron chi connectivity index (χ3n) is 4.23. The largest absolute Gasteiger partial charge is 0.467 e. The summed E-state index contributed by atoms with van der Waals surface area (Å²) in [7, 11) is 0. The van der Waals surface area contributed by atoms with E-state index in [4.69, 9.17) is 25.8 Å². The van der Waals surface area contributed by atoms with E-state index in [2.05, 4.69) is 4.98 Å². The van der Waals surface area contributed by atoms with Gasteiger partial charge in [0.25, 0.3) is 5.69 Å². The molecule has 4 rings (SSSR count). The summed E-state index contributed by atoms with van der Waals surface area (Å²) in [5.41, 5.74) is 1.83. The minimum atomic E-state index is -0.566. The number of nitro benzene ring substituents is 1. The number of pyridine rings is 1. The molecule has 28 heavy (non-hydrogen) atoms. The molecule has 0 radical (unpaired) electrons. The van der Waals surface area contributed by atoms with Gasteiger partial charge in [0.2, 0.25) is 0 Å². The van der Waals surface area contributed by atoms with Crippen LogP contribution in [0, 0.1) is 10.1 Å². The van der Waals surface area contributed by atoms with Gasteiger partial charge in [0.05, 0.1) is 22.6 Å². The molecule has 9 heteroatoms. The molecule has 1 aromatic heterocycles. The average molecular weight is 401 g/mol. The molecule has 0 spiro atoms. The molecule has 0 fully saturated rings. The third-order valence-corrected chi connectivity index (χ3v) is 4.44. The van der Waals surface area contributed by atoms with Crippen LogP contribution < -0.4 is 4.74 Å². The zero-order chi connectivity index (χ0) is 19.7. The molecule has 0 amide bonds. The zero-order valence-corrected chi connectivity index (χ0v) is 15.1. The number of nitro groups is 1. The average Bonchev–Trinajstić information content (AvgIpc) is 2.71. The van der Waals surface area contributed by atoms with Crippen molar-refractivity contribution in [3.05, 3.63) is 74.4 Å². The highest BCUT2D eigenvalue weighted by Crippen LogP contribution is 2.33. The number of carbonyl (C=O) groups is 1. The summed E-state index contributed by atoms with van der Waals surface area (Å²) in [4.78, 5) is 27.2. The third kappa shape index (κ3) is 3.60. The first-order valence-corrected chi connectivity index (χ1v) is 8.63. The number of halogens is 1. The topological polar surface area (TPSA) is 101 Å². The van der Waals surface area contributed by atoms with E-state index in [9.17, 15) is 14.9 Å². The molecule has 2 heterocycles. The lowest BCUT2D eigenvalue weighted by atomic mass is 10.1. The minimum absolute atomic E-state index is 0.0337. The maximum Gasteiger partial charge on any atom is 0.338 e. The first-order valence-electron chi connectivity index (χ1n) is 8.25. The molecule has 1 aliphatic rings. The van der Waals surface area contributed by atoms with Crippen LogP contribution in [0.15, 0.2) is 42.5 Å². The Labute approximate surface area is 163 Å². The Morgan fingerprint density at radius 2 is 2.11 bits per heavy atom. The standard InChI is InChI=1S/C19H13ClN2O6/c20-17-4-2-11-5-12(1-3-16(11)21-17)19(23)27-9-14-7-15(22(24)25)6-13-8-26-10-28-18(13)14/h1-7H,8-10H2. The lowest BCUT2D eigenvalue weighted by molar-refractivity contribution is -0.385. The summed E-state index contributed by atoms with van der Waals surface area (Å²) in [6.45, 7) is 0.0595. The molecule has 0 saturated heterocycles. The Morgan fingerprint density at radius 1 is 1.25 bits per heavy atom. The van der Waals surface area contributed by atoms with E-state index < -0.39 is 10.9 Å². The van der Waals surface area contributed by atoms with E-state index in [0.717, 1.165) is 5.39 Å². The molecule has 0 atom stereocenters. The van der Waals surface area contributed by atoms with Crippen LogP contribution in [0.5, 0.6) is 5.75 Å². The number of carbonyl (C=O) groups excluding carboxylic acids is 1. The molecule has 1 aliphatic heterocycles. The lowest BCUT2D eigenvalue weighted by Gasteiger charge is -2.20. The fourth-order valence-corrected chi connectivity index (χ4v) is 3.10. The van der Waals surface area contributed by atoms with Gasteiger partial charge >= 0.3 is 5.97 Å². The summed E-state index contributed by atoms with van der Waals surface area (Å²) in [5.74, 6) is -0.119. The summed E-state index contributed by atoms with van der Waals surface area (Å²) < 4.78 is 16.0. The fraction of sp³-hybridized carbons (Fsp3) is 0.158. The molecular formula is C19H13ClN2O6. The SMILES string of the molecule is O=C(OCc1cc([N+](=O)[O-])cc2c1OCOC2)c1ccc2nc(Cl)ccc2c1. The number of esters is 1. The Kier molecular flexibility index (Phi) is 4.81. The number of hydrogen-bond donors (Lipinski definition) is 0. The van der Waals surface area contributed by atoms with Crippen LogP contribution in [0.25, 0.3) is 10.9 Å². The summed E-state index contributed by atoms with van der Waals surface area (Å²) >= 11 is 5.86. The number of rotatable bonds is 4. The first kappa shape index (κ1) is 18.1. The van der Waals surface area contributed by atoms with E-state index >= 15 is 0 Å². The van der Waals surface area contributed by atoms with Crippen molar-refractivity contribution in [1.29, 1.82) is 0 Å². The van der Waals surface area contributed by atoms with Crippen LogP contribution in [-0.2, 0) is 22.7 Å². The monoisotopic (exact) mass is 400 g/mol. The van der Waals surface area contributed by atoms with Gasteiger partial charge in [0.15, 0.2) is 6.79 Å². The highest BCUT2D eigenvalue weighted by Gasteiger charge is 2.22. The number of ether oxygens (including phenoxy) is 3. The molecule has 0 bridgehead atoms. The number of aromatic nitrogens is 1. The zero-order valence-electron chi connectivity index (χ0n) is 14.4. The van der Waals surface area contributed by atoms with Gasteiger partial charge in [-0.2, -0.15) is 0 Å². The van der Waals surface area contributed by atoms with Gasteiger partial charge in [-0.25, -0.2) is 9.78 Å². The van der Waals surface area contributed by atoms with Crippen molar-refractivity contribution >= 4 is 34.2 Å². The fourth-order valence-electron chi connectivity index (χ4n) is 2.95.